The molecule has 1 N–H and O–H groups in total. The molecule has 2 aliphatic rings. The number of hydrogen-bond donors (Lipinski definition) is 1. The van der Waals surface area contributed by atoms with Crippen molar-refractivity contribution in [2.75, 3.05) is 13.2 Å². The van der Waals surface area contributed by atoms with Gasteiger partial charge in [-0.2, -0.15) is 4.98 Å². The van der Waals surface area contributed by atoms with Gasteiger partial charge in [0, 0.05) is 18.4 Å². The van der Waals surface area contributed by atoms with E-state index in [1.807, 2.05) is 0 Å². The predicted octanol–water partition coefficient (Wildman–Crippen LogP) is 1.93. The highest BCUT2D eigenvalue weighted by molar-refractivity contribution is 5.70. The van der Waals surface area contributed by atoms with E-state index >= 15 is 0 Å². The molecule has 1 aromatic rings. The highest BCUT2D eigenvalue weighted by Gasteiger charge is 2.34. The van der Waals surface area contributed by atoms with Gasteiger partial charge in [0.05, 0.1) is 12.5 Å². The largest absolute Gasteiger partial charge is 0.481 e. The van der Waals surface area contributed by atoms with Crippen LogP contribution in [0.15, 0.2) is 4.52 Å². The van der Waals surface area contributed by atoms with E-state index in [0.29, 0.717) is 31.2 Å². The van der Waals surface area contributed by atoms with Gasteiger partial charge in [-0.1, -0.05) is 5.16 Å². The molecule has 1 saturated carbocycles. The summed E-state index contributed by atoms with van der Waals surface area (Å²) in [6.07, 6.45) is 4.18. The van der Waals surface area contributed by atoms with Crippen molar-refractivity contribution in [3.05, 3.63) is 11.7 Å². The molecule has 1 saturated heterocycles. The fourth-order valence-corrected chi connectivity index (χ4v) is 2.95. The van der Waals surface area contributed by atoms with Gasteiger partial charge in [0.1, 0.15) is 0 Å². The highest BCUT2D eigenvalue weighted by atomic mass is 16.5. The number of rotatable bonds is 3. The number of aromatic nitrogens is 2. The summed E-state index contributed by atoms with van der Waals surface area (Å²) in [6.45, 7) is 1.46. The molecule has 1 aromatic heterocycles. The van der Waals surface area contributed by atoms with E-state index in [1.54, 1.807) is 0 Å². The molecule has 0 spiro atoms. The molecular weight excluding hydrogens is 248 g/mol. The lowest BCUT2D eigenvalue weighted by molar-refractivity contribution is -0.141. The van der Waals surface area contributed by atoms with E-state index in [-0.39, 0.29) is 17.8 Å². The third-order valence-electron chi connectivity index (χ3n) is 4.11. The third-order valence-corrected chi connectivity index (χ3v) is 4.11. The first kappa shape index (κ1) is 12.6. The first-order valence-corrected chi connectivity index (χ1v) is 6.88. The summed E-state index contributed by atoms with van der Waals surface area (Å²) < 4.78 is 10.7. The van der Waals surface area contributed by atoms with Gasteiger partial charge in [0.2, 0.25) is 5.89 Å². The van der Waals surface area contributed by atoms with Gasteiger partial charge in [0.25, 0.3) is 0 Å². The van der Waals surface area contributed by atoms with Crippen LogP contribution in [-0.2, 0) is 9.53 Å². The number of ether oxygens (including phenoxy) is 1. The van der Waals surface area contributed by atoms with Crippen molar-refractivity contribution in [1.29, 1.82) is 0 Å². The van der Waals surface area contributed by atoms with Crippen LogP contribution in [0.4, 0.5) is 0 Å². The standard InChI is InChI=1S/C13H18N2O4/c16-13(17)9-4-3-8(6-9)12-14-11(15-19-12)10-2-1-5-18-7-10/h8-10H,1-7H2,(H,16,17). The minimum absolute atomic E-state index is 0.104. The van der Waals surface area contributed by atoms with E-state index < -0.39 is 5.97 Å². The molecule has 0 aromatic carbocycles. The molecule has 1 aliphatic heterocycles. The summed E-state index contributed by atoms with van der Waals surface area (Å²) in [7, 11) is 0. The first-order chi connectivity index (χ1) is 9.24. The van der Waals surface area contributed by atoms with Crippen molar-refractivity contribution in [2.45, 2.75) is 43.9 Å². The van der Waals surface area contributed by atoms with Crippen molar-refractivity contribution in [3.8, 4) is 0 Å². The zero-order chi connectivity index (χ0) is 13.2. The Morgan fingerprint density at radius 1 is 1.26 bits per heavy atom. The Morgan fingerprint density at radius 3 is 2.84 bits per heavy atom. The number of carboxylic acid groups (broad SMARTS) is 1. The van der Waals surface area contributed by atoms with Crippen LogP contribution in [0.5, 0.6) is 0 Å². The lowest BCUT2D eigenvalue weighted by Crippen LogP contribution is -2.16. The topological polar surface area (TPSA) is 85.5 Å². The van der Waals surface area contributed by atoms with Gasteiger partial charge < -0.3 is 14.4 Å². The quantitative estimate of drug-likeness (QED) is 0.899. The molecule has 0 radical (unpaired) electrons. The number of carboxylic acids is 1. The van der Waals surface area contributed by atoms with Crippen LogP contribution in [-0.4, -0.2) is 34.4 Å². The Bertz CT molecular complexity index is 453. The number of aliphatic carboxylic acids is 1. The second-order valence-electron chi connectivity index (χ2n) is 5.45. The molecule has 0 amide bonds. The van der Waals surface area contributed by atoms with Crippen LogP contribution in [0.25, 0.3) is 0 Å². The van der Waals surface area contributed by atoms with Gasteiger partial charge in [-0.25, -0.2) is 0 Å². The Hall–Kier alpha value is -1.43. The van der Waals surface area contributed by atoms with Gasteiger partial charge in [-0.3, -0.25) is 4.79 Å². The lowest BCUT2D eigenvalue weighted by atomic mass is 10.0. The lowest BCUT2D eigenvalue weighted by Gasteiger charge is -2.18. The Morgan fingerprint density at radius 2 is 2.16 bits per heavy atom. The highest BCUT2D eigenvalue weighted by Crippen LogP contribution is 2.38. The summed E-state index contributed by atoms with van der Waals surface area (Å²) in [5, 5.41) is 13.0. The summed E-state index contributed by atoms with van der Waals surface area (Å²) >= 11 is 0. The normalized spacial score (nSPS) is 31.5. The Kier molecular flexibility index (Phi) is 3.50. The Balaban J connectivity index is 1.66. The van der Waals surface area contributed by atoms with E-state index in [1.165, 1.54) is 0 Å². The fourth-order valence-electron chi connectivity index (χ4n) is 2.95. The second kappa shape index (κ2) is 5.28. The zero-order valence-electron chi connectivity index (χ0n) is 10.7. The van der Waals surface area contributed by atoms with Crippen LogP contribution in [0.1, 0.15) is 55.7 Å². The van der Waals surface area contributed by atoms with Crippen LogP contribution in [0.2, 0.25) is 0 Å². The van der Waals surface area contributed by atoms with Crippen LogP contribution in [0.3, 0.4) is 0 Å². The smallest absolute Gasteiger partial charge is 0.306 e. The maximum absolute atomic E-state index is 10.9. The van der Waals surface area contributed by atoms with Gasteiger partial charge in [-0.05, 0) is 32.1 Å². The zero-order valence-corrected chi connectivity index (χ0v) is 10.7. The second-order valence-corrected chi connectivity index (χ2v) is 5.45. The molecule has 2 heterocycles. The number of nitrogens with zero attached hydrogens (tertiary/aromatic N) is 2. The maximum Gasteiger partial charge on any atom is 0.306 e. The molecule has 3 unspecified atom stereocenters. The van der Waals surface area contributed by atoms with Gasteiger partial charge in [0.15, 0.2) is 5.82 Å². The molecule has 19 heavy (non-hydrogen) atoms. The van der Waals surface area contributed by atoms with Crippen molar-refractivity contribution in [2.24, 2.45) is 5.92 Å². The maximum atomic E-state index is 10.9. The summed E-state index contributed by atoms with van der Waals surface area (Å²) in [4.78, 5) is 15.4. The van der Waals surface area contributed by atoms with E-state index in [9.17, 15) is 4.79 Å². The van der Waals surface area contributed by atoms with Gasteiger partial charge in [-0.15, -0.1) is 0 Å². The number of carbonyl (C=O) groups is 1. The molecule has 3 atom stereocenters. The van der Waals surface area contributed by atoms with Crippen molar-refractivity contribution >= 4 is 5.97 Å². The monoisotopic (exact) mass is 266 g/mol. The van der Waals surface area contributed by atoms with Crippen molar-refractivity contribution in [1.82, 2.24) is 10.1 Å². The molecular formula is C13H18N2O4. The average molecular weight is 266 g/mol. The number of hydrogen-bond acceptors (Lipinski definition) is 5. The molecule has 104 valence electrons. The molecule has 0 bridgehead atoms. The van der Waals surface area contributed by atoms with E-state index in [2.05, 4.69) is 10.1 Å². The van der Waals surface area contributed by atoms with Crippen LogP contribution >= 0.6 is 0 Å². The molecule has 1 aliphatic carbocycles. The van der Waals surface area contributed by atoms with Crippen molar-refractivity contribution < 1.29 is 19.2 Å². The average Bonchev–Trinajstić information content (AvgIpc) is 3.09. The first-order valence-electron chi connectivity index (χ1n) is 6.88. The molecule has 6 heteroatoms. The minimum Gasteiger partial charge on any atom is -0.481 e. The van der Waals surface area contributed by atoms with Gasteiger partial charge >= 0.3 is 5.97 Å². The molecule has 3 rings (SSSR count). The predicted molar refractivity (Wildman–Crippen MR) is 64.8 cm³/mol. The molecule has 2 fully saturated rings. The van der Waals surface area contributed by atoms with E-state index in [4.69, 9.17) is 14.4 Å². The van der Waals surface area contributed by atoms with E-state index in [0.717, 1.165) is 25.9 Å². The Labute approximate surface area is 111 Å². The summed E-state index contributed by atoms with van der Waals surface area (Å²) in [5.74, 6) is 0.661. The molecule has 6 nitrogen and oxygen atoms in total. The third kappa shape index (κ3) is 2.63. The minimum atomic E-state index is -0.720. The fraction of sp³-hybridized carbons (Fsp3) is 0.769. The van der Waals surface area contributed by atoms with Crippen molar-refractivity contribution in [3.63, 3.8) is 0 Å². The SMILES string of the molecule is O=C(O)C1CCC(c2nc(C3CCCOC3)no2)C1. The summed E-state index contributed by atoms with van der Waals surface area (Å²) in [5.41, 5.74) is 0. The van der Waals surface area contributed by atoms with Crippen LogP contribution in [0, 0.1) is 5.92 Å². The summed E-state index contributed by atoms with van der Waals surface area (Å²) in [6, 6.07) is 0. The van der Waals surface area contributed by atoms with Crippen LogP contribution < -0.4 is 0 Å².